The number of aryl methyl sites for hydroxylation is 2. The Hall–Kier alpha value is -8.21. The molecule has 2 saturated heterocycles. The van der Waals surface area contributed by atoms with Crippen LogP contribution in [0.3, 0.4) is 0 Å². The number of ether oxygens (including phenoxy) is 2. The van der Waals surface area contributed by atoms with Gasteiger partial charge in [0.2, 0.25) is 17.8 Å². The van der Waals surface area contributed by atoms with Crippen LogP contribution < -0.4 is 35.7 Å². The number of benzene rings is 2. The molecule has 0 saturated carbocycles. The molecule has 8 heterocycles. The number of halogens is 4. The van der Waals surface area contributed by atoms with E-state index in [2.05, 4.69) is 61.4 Å². The van der Waals surface area contributed by atoms with Gasteiger partial charge < -0.3 is 29.5 Å². The SMILES string of the molecule is CC(=O)N1CCN(c2ncc(-c3ccc4c(=O)n(C)n(Cc5nc(C)ccc5OC(F)F)c4c3)cn2)C[C@H]1C.Cc1ccc(OC(F)F)c(Cn2c3cc(-c4cnc(N5CCN[C@H](C)C5)nc4)ccc3c(=O)n2C)n1. The van der Waals surface area contributed by atoms with Crippen LogP contribution in [-0.2, 0) is 32.0 Å². The van der Waals surface area contributed by atoms with Crippen molar-refractivity contribution >= 4 is 39.6 Å². The van der Waals surface area contributed by atoms with Crippen LogP contribution in [0, 0.1) is 13.8 Å². The number of rotatable bonds is 12. The molecule has 392 valence electrons. The number of hydrogen-bond donors (Lipinski definition) is 1. The molecule has 2 aliphatic heterocycles. The number of nitrogens with one attached hydrogen (secondary N) is 1. The van der Waals surface area contributed by atoms with E-state index in [9.17, 15) is 31.9 Å². The number of piperazine rings is 2. The molecule has 1 amide bonds. The predicted molar refractivity (Wildman–Crippen MR) is 275 cm³/mol. The molecule has 1 N–H and O–H groups in total. The van der Waals surface area contributed by atoms with Crippen molar-refractivity contribution in [2.24, 2.45) is 14.1 Å². The Labute approximate surface area is 428 Å². The molecule has 19 nitrogen and oxygen atoms in total. The molecule has 2 aromatic carbocycles. The minimum Gasteiger partial charge on any atom is -0.433 e. The lowest BCUT2D eigenvalue weighted by atomic mass is 10.1. The molecular formula is C52H56F4N14O5. The lowest BCUT2D eigenvalue weighted by Crippen LogP contribution is -2.53. The highest BCUT2D eigenvalue weighted by Gasteiger charge is 2.27. The van der Waals surface area contributed by atoms with Gasteiger partial charge in [-0.25, -0.2) is 19.9 Å². The zero-order valence-electron chi connectivity index (χ0n) is 42.4. The molecule has 23 heteroatoms. The van der Waals surface area contributed by atoms with Crippen LogP contribution in [0.1, 0.15) is 43.5 Å². The van der Waals surface area contributed by atoms with Crippen molar-refractivity contribution in [2.75, 3.05) is 49.1 Å². The zero-order chi connectivity index (χ0) is 53.2. The number of anilines is 2. The van der Waals surface area contributed by atoms with Crippen LogP contribution in [0.15, 0.2) is 95.0 Å². The van der Waals surface area contributed by atoms with Crippen LogP contribution in [0.5, 0.6) is 11.5 Å². The minimum atomic E-state index is -2.99. The first-order chi connectivity index (χ1) is 35.9. The standard InChI is InChI=1S/C27H29F2N7O3.C25H27F2N7O2/c1-16-5-8-24(39-26(28)29)22(32-16)15-36-23-11-19(6-7-21(23)25(38)33(36)4)20-12-30-27(31-13-20)34-9-10-35(18(3)37)17(2)14-34;1-15-4-7-22(36-24(26)27)20(31-15)14-34-21-10-17(5-6-19(21)23(35)32(34)3)18-11-29-25(30-12-18)33-9-8-28-16(2)13-33/h5-8,11-13,17,26H,9-10,14-15H2,1-4H3;4-7,10-12,16,24,28H,8-9,13-14H2,1-3H3/t17-;16-/m11/s1. The predicted octanol–water partition coefficient (Wildman–Crippen LogP) is 6.16. The highest BCUT2D eigenvalue weighted by molar-refractivity contribution is 5.85. The van der Waals surface area contributed by atoms with E-state index in [-0.39, 0.29) is 47.7 Å². The molecule has 2 atom stereocenters. The number of aromatic nitrogens is 10. The fourth-order valence-corrected chi connectivity index (χ4v) is 9.59. The van der Waals surface area contributed by atoms with Gasteiger partial charge in [-0.1, -0.05) is 12.1 Å². The third kappa shape index (κ3) is 11.2. The van der Waals surface area contributed by atoms with Crippen molar-refractivity contribution in [3.05, 3.63) is 129 Å². The van der Waals surface area contributed by atoms with Crippen LogP contribution in [0.25, 0.3) is 44.1 Å². The third-order valence-corrected chi connectivity index (χ3v) is 13.4. The van der Waals surface area contributed by atoms with E-state index in [4.69, 9.17) is 0 Å². The number of pyridine rings is 2. The molecular weight excluding hydrogens is 977 g/mol. The lowest BCUT2D eigenvalue weighted by molar-refractivity contribution is -0.131. The third-order valence-electron chi connectivity index (χ3n) is 13.4. The normalized spacial score (nSPS) is 16.0. The Bertz CT molecular complexity index is 3490. The number of carbonyl (C=O) groups is 1. The number of amides is 1. The van der Waals surface area contributed by atoms with Crippen molar-refractivity contribution in [2.45, 2.75) is 73.0 Å². The smallest absolute Gasteiger partial charge is 0.387 e. The van der Waals surface area contributed by atoms with Crippen LogP contribution in [-0.4, -0.2) is 124 Å². The molecule has 0 aliphatic carbocycles. The largest absolute Gasteiger partial charge is 0.433 e. The van der Waals surface area contributed by atoms with Crippen molar-refractivity contribution in [3.8, 4) is 33.8 Å². The second-order valence-electron chi connectivity index (χ2n) is 18.6. The maximum absolute atomic E-state index is 13.0. The van der Waals surface area contributed by atoms with Gasteiger partial charge in [0.1, 0.15) is 22.9 Å². The fraction of sp³-hybridized carbons (Fsp3) is 0.365. The van der Waals surface area contributed by atoms with Gasteiger partial charge >= 0.3 is 13.2 Å². The van der Waals surface area contributed by atoms with E-state index in [0.29, 0.717) is 82.2 Å². The average molecular weight is 1030 g/mol. The Morgan fingerprint density at radius 3 is 1.51 bits per heavy atom. The van der Waals surface area contributed by atoms with Gasteiger partial charge in [0.15, 0.2) is 0 Å². The Morgan fingerprint density at radius 1 is 0.640 bits per heavy atom. The van der Waals surface area contributed by atoms with Gasteiger partial charge in [0.25, 0.3) is 11.1 Å². The maximum Gasteiger partial charge on any atom is 0.387 e. The summed E-state index contributed by atoms with van der Waals surface area (Å²) in [6.07, 6.45) is 7.01. The van der Waals surface area contributed by atoms with E-state index in [1.807, 2.05) is 36.1 Å². The number of carbonyl (C=O) groups excluding carboxylic acids is 1. The van der Waals surface area contributed by atoms with Crippen LogP contribution in [0.2, 0.25) is 0 Å². The molecule has 2 aliphatic rings. The number of hydrogen-bond acceptors (Lipinski definition) is 14. The van der Waals surface area contributed by atoms with E-state index in [1.54, 1.807) is 93.3 Å². The highest BCUT2D eigenvalue weighted by Crippen LogP contribution is 2.29. The summed E-state index contributed by atoms with van der Waals surface area (Å²) in [6, 6.07) is 17.5. The first kappa shape index (κ1) is 51.7. The Morgan fingerprint density at radius 2 is 1.09 bits per heavy atom. The summed E-state index contributed by atoms with van der Waals surface area (Å²) in [5.41, 5.74) is 5.95. The first-order valence-electron chi connectivity index (χ1n) is 24.3. The molecule has 6 aromatic heterocycles. The van der Waals surface area contributed by atoms with Gasteiger partial charge in [-0.2, -0.15) is 17.6 Å². The van der Waals surface area contributed by atoms with Crippen molar-refractivity contribution in [3.63, 3.8) is 0 Å². The second kappa shape index (κ2) is 21.7. The molecule has 0 radical (unpaired) electrons. The van der Waals surface area contributed by atoms with Gasteiger partial charge in [-0.05, 0) is 87.4 Å². The fourth-order valence-electron chi connectivity index (χ4n) is 9.59. The maximum atomic E-state index is 13.0. The zero-order valence-corrected chi connectivity index (χ0v) is 42.4. The molecule has 0 unspecified atom stereocenters. The summed E-state index contributed by atoms with van der Waals surface area (Å²) in [5, 5.41) is 4.40. The van der Waals surface area contributed by atoms with Crippen LogP contribution >= 0.6 is 0 Å². The van der Waals surface area contributed by atoms with Crippen molar-refractivity contribution in [1.29, 1.82) is 0 Å². The lowest BCUT2D eigenvalue weighted by Gasteiger charge is -2.39. The van der Waals surface area contributed by atoms with E-state index >= 15 is 0 Å². The van der Waals surface area contributed by atoms with Crippen LogP contribution in [0.4, 0.5) is 29.5 Å². The van der Waals surface area contributed by atoms with Gasteiger partial charge in [-0.3, -0.25) is 43.1 Å². The van der Waals surface area contributed by atoms with Gasteiger partial charge in [0.05, 0.1) is 34.9 Å². The molecule has 2 fully saturated rings. The topological polar surface area (TPSA) is 188 Å². The van der Waals surface area contributed by atoms with E-state index in [1.165, 1.54) is 21.5 Å². The Kier molecular flexibility index (Phi) is 15.0. The Balaban J connectivity index is 0.000000184. The summed E-state index contributed by atoms with van der Waals surface area (Å²) in [7, 11) is 3.26. The summed E-state index contributed by atoms with van der Waals surface area (Å²) in [6.45, 7) is 7.89. The van der Waals surface area contributed by atoms with E-state index < -0.39 is 13.2 Å². The number of nitrogens with zero attached hydrogens (tertiary/aromatic N) is 13. The molecule has 8 aromatic rings. The number of fused-ring (bicyclic) bond motifs is 2. The molecule has 75 heavy (non-hydrogen) atoms. The second-order valence-corrected chi connectivity index (χ2v) is 18.6. The molecule has 0 spiro atoms. The molecule has 10 rings (SSSR count). The number of alkyl halides is 4. The van der Waals surface area contributed by atoms with Crippen molar-refractivity contribution < 1.29 is 31.8 Å². The summed E-state index contributed by atoms with van der Waals surface area (Å²) in [4.78, 5) is 70.7. The molecule has 0 bridgehead atoms. The van der Waals surface area contributed by atoms with Gasteiger partial charge in [0, 0.05) is 120 Å². The first-order valence-corrected chi connectivity index (χ1v) is 24.3. The quantitative estimate of drug-likeness (QED) is 0.137. The monoisotopic (exact) mass is 1030 g/mol. The summed E-state index contributed by atoms with van der Waals surface area (Å²) < 4.78 is 67.5. The highest BCUT2D eigenvalue weighted by atomic mass is 19.3. The van der Waals surface area contributed by atoms with Gasteiger partial charge in [-0.15, -0.1) is 0 Å². The summed E-state index contributed by atoms with van der Waals surface area (Å²) in [5.74, 6) is 1.27. The average Bonchev–Trinajstić information content (AvgIpc) is 3.77. The van der Waals surface area contributed by atoms with Crippen molar-refractivity contribution in [1.82, 2.24) is 58.8 Å². The minimum absolute atomic E-state index is 0.0210. The summed E-state index contributed by atoms with van der Waals surface area (Å²) >= 11 is 0. The van der Waals surface area contributed by atoms with E-state index in [0.717, 1.165) is 41.9 Å².